The first-order valence-electron chi connectivity index (χ1n) is 8.63. The maximum absolute atomic E-state index is 12.2. The molecule has 1 amide bonds. The van der Waals surface area contributed by atoms with Gasteiger partial charge in [-0.3, -0.25) is 4.79 Å². The molecule has 1 atom stereocenters. The molecule has 0 radical (unpaired) electrons. The number of benzene rings is 2. The van der Waals surface area contributed by atoms with Crippen LogP contribution in [0.5, 0.6) is 0 Å². The van der Waals surface area contributed by atoms with E-state index in [2.05, 4.69) is 29.7 Å². The van der Waals surface area contributed by atoms with E-state index >= 15 is 0 Å². The molecule has 5 nitrogen and oxygen atoms in total. The van der Waals surface area contributed by atoms with Crippen molar-refractivity contribution in [3.8, 4) is 0 Å². The highest BCUT2D eigenvalue weighted by molar-refractivity contribution is 7.90. The van der Waals surface area contributed by atoms with Crippen molar-refractivity contribution in [2.45, 2.75) is 38.1 Å². The molecule has 0 spiro atoms. The van der Waals surface area contributed by atoms with Gasteiger partial charge in [-0.05, 0) is 49.1 Å². The molecule has 0 fully saturated rings. The number of sulfone groups is 1. The summed E-state index contributed by atoms with van der Waals surface area (Å²) in [5.74, 6) is -0.152. The highest BCUT2D eigenvalue weighted by Crippen LogP contribution is 2.20. The Morgan fingerprint density at radius 1 is 1.12 bits per heavy atom. The highest BCUT2D eigenvalue weighted by atomic mass is 32.2. The molecular weight excluding hydrogens is 348 g/mol. The van der Waals surface area contributed by atoms with E-state index in [1.807, 2.05) is 26.0 Å². The fourth-order valence-corrected chi connectivity index (χ4v) is 3.26. The van der Waals surface area contributed by atoms with Crippen LogP contribution in [0.4, 0.5) is 5.69 Å². The first-order valence-corrected chi connectivity index (χ1v) is 10.5. The molecule has 2 rings (SSSR count). The third-order valence-corrected chi connectivity index (χ3v) is 5.45. The molecule has 0 bridgehead atoms. The standard InChI is InChI=1S/C20H26N2O3S/c1-5-16-7-9-17(10-8-16)15(3)22-20(23)13-21-19-12-18(26(4,24)25)11-6-14(19)2/h6-12,15,21H,5,13H2,1-4H3,(H,22,23). The molecule has 0 aliphatic rings. The van der Waals surface area contributed by atoms with E-state index < -0.39 is 9.84 Å². The average Bonchev–Trinajstić information content (AvgIpc) is 2.60. The van der Waals surface area contributed by atoms with Crippen LogP contribution in [0.15, 0.2) is 47.4 Å². The second-order valence-electron chi connectivity index (χ2n) is 6.49. The van der Waals surface area contributed by atoms with Gasteiger partial charge >= 0.3 is 0 Å². The first kappa shape index (κ1) is 20.0. The Morgan fingerprint density at radius 3 is 2.35 bits per heavy atom. The minimum absolute atomic E-state index is 0.0748. The van der Waals surface area contributed by atoms with Gasteiger partial charge in [-0.15, -0.1) is 0 Å². The summed E-state index contributed by atoms with van der Waals surface area (Å²) in [5, 5.41) is 5.97. The van der Waals surface area contributed by atoms with Crippen molar-refractivity contribution in [3.63, 3.8) is 0 Å². The van der Waals surface area contributed by atoms with Crippen molar-refractivity contribution >= 4 is 21.4 Å². The van der Waals surface area contributed by atoms with Gasteiger partial charge < -0.3 is 10.6 Å². The second kappa shape index (κ2) is 8.36. The third-order valence-electron chi connectivity index (χ3n) is 4.34. The summed E-state index contributed by atoms with van der Waals surface area (Å²) in [5.41, 5.74) is 3.83. The van der Waals surface area contributed by atoms with E-state index in [-0.39, 0.29) is 23.4 Å². The summed E-state index contributed by atoms with van der Waals surface area (Å²) in [6.07, 6.45) is 2.15. The SMILES string of the molecule is CCc1ccc(C(C)NC(=O)CNc2cc(S(C)(=O)=O)ccc2C)cc1. The number of rotatable bonds is 7. The molecule has 0 saturated carbocycles. The number of anilines is 1. The quantitative estimate of drug-likeness (QED) is 0.780. The van der Waals surface area contributed by atoms with Crippen LogP contribution < -0.4 is 10.6 Å². The minimum atomic E-state index is -3.28. The number of hydrogen-bond acceptors (Lipinski definition) is 4. The predicted octanol–water partition coefficient (Wildman–Crippen LogP) is 3.25. The Kier molecular flexibility index (Phi) is 6.42. The van der Waals surface area contributed by atoms with Crippen LogP contribution in [-0.4, -0.2) is 27.1 Å². The van der Waals surface area contributed by atoms with Crippen LogP contribution in [0.2, 0.25) is 0 Å². The van der Waals surface area contributed by atoms with E-state index in [1.165, 1.54) is 11.8 Å². The van der Waals surface area contributed by atoms with Gasteiger partial charge in [-0.2, -0.15) is 0 Å². The third kappa shape index (κ3) is 5.33. The van der Waals surface area contributed by atoms with E-state index in [4.69, 9.17) is 0 Å². The van der Waals surface area contributed by atoms with Crippen LogP contribution in [-0.2, 0) is 21.1 Å². The lowest BCUT2D eigenvalue weighted by atomic mass is 10.1. The van der Waals surface area contributed by atoms with Gasteiger partial charge in [-0.1, -0.05) is 37.3 Å². The Balaban J connectivity index is 1.98. The smallest absolute Gasteiger partial charge is 0.239 e. The van der Waals surface area contributed by atoms with Crippen LogP contribution in [0, 0.1) is 6.92 Å². The molecule has 0 saturated heterocycles. The summed E-state index contributed by atoms with van der Waals surface area (Å²) in [7, 11) is -3.28. The lowest BCUT2D eigenvalue weighted by molar-refractivity contribution is -0.120. The number of aryl methyl sites for hydroxylation is 2. The maximum atomic E-state index is 12.2. The molecule has 6 heteroatoms. The van der Waals surface area contributed by atoms with E-state index in [9.17, 15) is 13.2 Å². The van der Waals surface area contributed by atoms with Gasteiger partial charge in [-0.25, -0.2) is 8.42 Å². The zero-order valence-corrected chi connectivity index (χ0v) is 16.5. The van der Waals surface area contributed by atoms with Crippen LogP contribution in [0.3, 0.4) is 0 Å². The van der Waals surface area contributed by atoms with Crippen molar-refractivity contribution in [1.82, 2.24) is 5.32 Å². The predicted molar refractivity (Wildman–Crippen MR) is 105 cm³/mol. The van der Waals surface area contributed by atoms with Gasteiger partial charge in [0.15, 0.2) is 9.84 Å². The number of carbonyl (C=O) groups excluding carboxylic acids is 1. The topological polar surface area (TPSA) is 75.3 Å². The molecular formula is C20H26N2O3S. The minimum Gasteiger partial charge on any atom is -0.376 e. The van der Waals surface area contributed by atoms with Gasteiger partial charge in [0.05, 0.1) is 17.5 Å². The normalized spacial score (nSPS) is 12.5. The second-order valence-corrected chi connectivity index (χ2v) is 8.50. The lowest BCUT2D eigenvalue weighted by Gasteiger charge is -2.16. The fraction of sp³-hybridized carbons (Fsp3) is 0.350. The summed E-state index contributed by atoms with van der Waals surface area (Å²) in [6.45, 7) is 5.98. The number of carbonyl (C=O) groups is 1. The fourth-order valence-electron chi connectivity index (χ4n) is 2.62. The van der Waals surface area contributed by atoms with Gasteiger partial charge in [0.1, 0.15) is 0 Å². The Bertz CT molecular complexity index is 874. The number of amides is 1. The van der Waals surface area contributed by atoms with Crippen molar-refractivity contribution in [3.05, 3.63) is 59.2 Å². The monoisotopic (exact) mass is 374 g/mol. The maximum Gasteiger partial charge on any atom is 0.239 e. The van der Waals surface area contributed by atoms with E-state index in [0.717, 1.165) is 17.5 Å². The van der Waals surface area contributed by atoms with Crippen molar-refractivity contribution in [1.29, 1.82) is 0 Å². The average molecular weight is 375 g/mol. The molecule has 0 aliphatic carbocycles. The molecule has 1 unspecified atom stereocenters. The molecule has 2 aromatic rings. The van der Waals surface area contributed by atoms with Gasteiger partial charge in [0.2, 0.25) is 5.91 Å². The number of hydrogen-bond donors (Lipinski definition) is 2. The summed E-state index contributed by atoms with van der Waals surface area (Å²) < 4.78 is 23.4. The largest absolute Gasteiger partial charge is 0.376 e. The molecule has 0 aliphatic heterocycles. The molecule has 2 N–H and O–H groups in total. The first-order chi connectivity index (χ1) is 12.2. The van der Waals surface area contributed by atoms with Gasteiger partial charge in [0, 0.05) is 11.9 Å². The zero-order valence-electron chi connectivity index (χ0n) is 15.7. The lowest BCUT2D eigenvalue weighted by Crippen LogP contribution is -2.32. The molecule has 26 heavy (non-hydrogen) atoms. The molecule has 2 aromatic carbocycles. The van der Waals surface area contributed by atoms with Crippen LogP contribution in [0.25, 0.3) is 0 Å². The van der Waals surface area contributed by atoms with Crippen molar-refractivity contribution < 1.29 is 13.2 Å². The number of nitrogens with one attached hydrogen (secondary N) is 2. The molecule has 0 aromatic heterocycles. The zero-order chi connectivity index (χ0) is 19.3. The van der Waals surface area contributed by atoms with Crippen molar-refractivity contribution in [2.24, 2.45) is 0 Å². The van der Waals surface area contributed by atoms with E-state index in [0.29, 0.717) is 5.69 Å². The van der Waals surface area contributed by atoms with E-state index in [1.54, 1.807) is 18.2 Å². The Hall–Kier alpha value is -2.34. The highest BCUT2D eigenvalue weighted by Gasteiger charge is 2.12. The van der Waals surface area contributed by atoms with Crippen LogP contribution in [0.1, 0.15) is 36.6 Å². The molecule has 0 heterocycles. The Morgan fingerprint density at radius 2 is 1.77 bits per heavy atom. The summed E-state index contributed by atoms with van der Waals surface area (Å²) in [4.78, 5) is 12.5. The van der Waals surface area contributed by atoms with Gasteiger partial charge in [0.25, 0.3) is 0 Å². The Labute approximate surface area is 155 Å². The molecule has 140 valence electrons. The summed E-state index contributed by atoms with van der Waals surface area (Å²) in [6, 6.07) is 12.9. The summed E-state index contributed by atoms with van der Waals surface area (Å²) >= 11 is 0. The van der Waals surface area contributed by atoms with Crippen LogP contribution >= 0.6 is 0 Å². The van der Waals surface area contributed by atoms with Crippen molar-refractivity contribution in [2.75, 3.05) is 18.1 Å².